The Morgan fingerprint density at radius 1 is 1.29 bits per heavy atom. The van der Waals surface area contributed by atoms with Crippen LogP contribution in [0.2, 0.25) is 0 Å². The Kier molecular flexibility index (Phi) is 5.49. The minimum atomic E-state index is 0.169. The van der Waals surface area contributed by atoms with Crippen LogP contribution in [0, 0.1) is 0 Å². The fourth-order valence-corrected chi connectivity index (χ4v) is 1.63. The van der Waals surface area contributed by atoms with E-state index in [0.29, 0.717) is 12.6 Å². The number of benzene rings is 1. The van der Waals surface area contributed by atoms with Gasteiger partial charge in [-0.25, -0.2) is 0 Å². The van der Waals surface area contributed by atoms with E-state index in [2.05, 4.69) is 48.1 Å². The predicted octanol–water partition coefficient (Wildman–Crippen LogP) is 1.17. The molecule has 0 aromatic heterocycles. The monoisotopic (exact) mass is 234 g/mol. The largest absolute Gasteiger partial charge is 0.370 e. The van der Waals surface area contributed by atoms with E-state index >= 15 is 0 Å². The first-order chi connectivity index (χ1) is 8.09. The van der Waals surface area contributed by atoms with Gasteiger partial charge in [-0.1, -0.05) is 30.3 Å². The Hall–Kier alpha value is -1.55. The van der Waals surface area contributed by atoms with E-state index in [1.54, 1.807) is 0 Å². The van der Waals surface area contributed by atoms with Crippen molar-refractivity contribution in [1.82, 2.24) is 4.90 Å². The first-order valence-corrected chi connectivity index (χ1v) is 5.89. The molecule has 1 rings (SSSR count). The summed E-state index contributed by atoms with van der Waals surface area (Å²) in [5, 5.41) is 0. The van der Waals surface area contributed by atoms with Gasteiger partial charge in [-0.3, -0.25) is 9.89 Å². The third kappa shape index (κ3) is 5.36. The summed E-state index contributed by atoms with van der Waals surface area (Å²) in [6, 6.07) is 10.9. The standard InChI is InChI=1S/C13H22N4/c1-11(8-9-16-13(14)15)17(2)10-12-6-4-3-5-7-12/h3-7,11H,8-10H2,1-2H3,(H4,14,15,16). The minimum Gasteiger partial charge on any atom is -0.370 e. The topological polar surface area (TPSA) is 67.6 Å². The average Bonchev–Trinajstić information content (AvgIpc) is 2.29. The summed E-state index contributed by atoms with van der Waals surface area (Å²) in [6.07, 6.45) is 0.960. The third-order valence-electron chi connectivity index (χ3n) is 2.87. The van der Waals surface area contributed by atoms with E-state index in [4.69, 9.17) is 11.5 Å². The maximum absolute atomic E-state index is 5.29. The molecule has 4 heteroatoms. The molecule has 1 aromatic carbocycles. The molecular formula is C13H22N4. The Labute approximate surface area is 103 Å². The second kappa shape index (κ2) is 6.91. The van der Waals surface area contributed by atoms with Gasteiger partial charge in [0.05, 0.1) is 0 Å². The summed E-state index contributed by atoms with van der Waals surface area (Å²) < 4.78 is 0. The maximum Gasteiger partial charge on any atom is 0.185 e. The fraction of sp³-hybridized carbons (Fsp3) is 0.462. The zero-order chi connectivity index (χ0) is 12.7. The van der Waals surface area contributed by atoms with Gasteiger partial charge in [0.25, 0.3) is 0 Å². The molecule has 1 unspecified atom stereocenters. The molecule has 0 spiro atoms. The van der Waals surface area contributed by atoms with Crippen molar-refractivity contribution in [2.24, 2.45) is 16.5 Å². The van der Waals surface area contributed by atoms with E-state index in [9.17, 15) is 0 Å². The molecule has 1 atom stereocenters. The van der Waals surface area contributed by atoms with Crippen molar-refractivity contribution >= 4 is 5.96 Å². The van der Waals surface area contributed by atoms with Crippen LogP contribution in [0.4, 0.5) is 0 Å². The zero-order valence-electron chi connectivity index (χ0n) is 10.6. The molecule has 4 N–H and O–H groups in total. The third-order valence-corrected chi connectivity index (χ3v) is 2.87. The number of rotatable bonds is 6. The van der Waals surface area contributed by atoms with Crippen molar-refractivity contribution in [3.8, 4) is 0 Å². The molecule has 0 heterocycles. The molecule has 94 valence electrons. The van der Waals surface area contributed by atoms with Crippen LogP contribution in [0.15, 0.2) is 35.3 Å². The number of nitrogens with zero attached hydrogens (tertiary/aromatic N) is 2. The fourth-order valence-electron chi connectivity index (χ4n) is 1.63. The van der Waals surface area contributed by atoms with Crippen LogP contribution in [0.25, 0.3) is 0 Å². The Morgan fingerprint density at radius 3 is 2.53 bits per heavy atom. The average molecular weight is 234 g/mol. The van der Waals surface area contributed by atoms with Crippen molar-refractivity contribution in [2.75, 3.05) is 13.6 Å². The summed E-state index contributed by atoms with van der Waals surface area (Å²) in [5.41, 5.74) is 11.9. The molecule has 0 saturated carbocycles. The van der Waals surface area contributed by atoms with Crippen LogP contribution in [0.3, 0.4) is 0 Å². The predicted molar refractivity (Wildman–Crippen MR) is 72.7 cm³/mol. The van der Waals surface area contributed by atoms with Gasteiger partial charge in [0.2, 0.25) is 0 Å². The van der Waals surface area contributed by atoms with E-state index in [0.717, 1.165) is 13.0 Å². The van der Waals surface area contributed by atoms with Crippen molar-refractivity contribution in [3.05, 3.63) is 35.9 Å². The highest BCUT2D eigenvalue weighted by Gasteiger charge is 2.08. The maximum atomic E-state index is 5.29. The summed E-state index contributed by atoms with van der Waals surface area (Å²) in [4.78, 5) is 6.30. The normalized spacial score (nSPS) is 12.4. The van der Waals surface area contributed by atoms with Crippen molar-refractivity contribution in [2.45, 2.75) is 25.9 Å². The van der Waals surface area contributed by atoms with Crippen LogP contribution in [0.1, 0.15) is 18.9 Å². The highest BCUT2D eigenvalue weighted by atomic mass is 15.1. The zero-order valence-corrected chi connectivity index (χ0v) is 10.6. The van der Waals surface area contributed by atoms with Gasteiger partial charge in [0, 0.05) is 19.1 Å². The first kappa shape index (κ1) is 13.5. The number of hydrogen-bond acceptors (Lipinski definition) is 2. The molecule has 0 bridgehead atoms. The lowest BCUT2D eigenvalue weighted by Gasteiger charge is -2.24. The number of nitrogens with two attached hydrogens (primary N) is 2. The molecule has 17 heavy (non-hydrogen) atoms. The van der Waals surface area contributed by atoms with Crippen LogP contribution < -0.4 is 11.5 Å². The highest BCUT2D eigenvalue weighted by molar-refractivity contribution is 5.75. The second-order valence-corrected chi connectivity index (χ2v) is 4.34. The molecule has 1 aromatic rings. The van der Waals surface area contributed by atoms with Gasteiger partial charge in [0.15, 0.2) is 5.96 Å². The molecule has 0 fully saturated rings. The lowest BCUT2D eigenvalue weighted by atomic mass is 10.1. The molecule has 0 aliphatic rings. The lowest BCUT2D eigenvalue weighted by molar-refractivity contribution is 0.240. The van der Waals surface area contributed by atoms with Crippen molar-refractivity contribution in [1.29, 1.82) is 0 Å². The minimum absolute atomic E-state index is 0.169. The van der Waals surface area contributed by atoms with E-state index in [1.807, 2.05) is 6.07 Å². The van der Waals surface area contributed by atoms with Gasteiger partial charge in [0.1, 0.15) is 0 Å². The van der Waals surface area contributed by atoms with E-state index in [1.165, 1.54) is 5.56 Å². The number of guanidine groups is 1. The smallest absolute Gasteiger partial charge is 0.185 e. The van der Waals surface area contributed by atoms with E-state index < -0.39 is 0 Å². The molecule has 0 radical (unpaired) electrons. The van der Waals surface area contributed by atoms with Gasteiger partial charge in [-0.2, -0.15) is 0 Å². The molecular weight excluding hydrogens is 212 g/mol. The van der Waals surface area contributed by atoms with Gasteiger partial charge in [-0.05, 0) is 26.0 Å². The van der Waals surface area contributed by atoms with Crippen LogP contribution in [-0.2, 0) is 6.54 Å². The van der Waals surface area contributed by atoms with Gasteiger partial charge < -0.3 is 11.5 Å². The molecule has 4 nitrogen and oxygen atoms in total. The lowest BCUT2D eigenvalue weighted by Crippen LogP contribution is -2.30. The first-order valence-electron chi connectivity index (χ1n) is 5.89. The Balaban J connectivity index is 2.37. The van der Waals surface area contributed by atoms with Crippen molar-refractivity contribution in [3.63, 3.8) is 0 Å². The Morgan fingerprint density at radius 2 is 1.94 bits per heavy atom. The van der Waals surface area contributed by atoms with E-state index in [-0.39, 0.29) is 5.96 Å². The van der Waals surface area contributed by atoms with Crippen LogP contribution >= 0.6 is 0 Å². The SMILES string of the molecule is CC(CCN=C(N)N)N(C)Cc1ccccc1. The number of hydrogen-bond donors (Lipinski definition) is 2. The Bertz CT molecular complexity index is 344. The summed E-state index contributed by atoms with van der Waals surface area (Å²) in [5.74, 6) is 0.169. The molecule has 0 aliphatic carbocycles. The van der Waals surface area contributed by atoms with Crippen LogP contribution in [-0.4, -0.2) is 30.5 Å². The summed E-state index contributed by atoms with van der Waals surface area (Å²) in [7, 11) is 2.12. The van der Waals surface area contributed by atoms with Crippen LogP contribution in [0.5, 0.6) is 0 Å². The van der Waals surface area contributed by atoms with Gasteiger partial charge >= 0.3 is 0 Å². The molecule has 0 aliphatic heterocycles. The quantitative estimate of drug-likeness (QED) is 0.573. The summed E-state index contributed by atoms with van der Waals surface area (Å²) >= 11 is 0. The van der Waals surface area contributed by atoms with Gasteiger partial charge in [-0.15, -0.1) is 0 Å². The molecule has 0 saturated heterocycles. The number of aliphatic imine (C=N–C) groups is 1. The second-order valence-electron chi connectivity index (χ2n) is 4.34. The molecule has 0 amide bonds. The summed E-state index contributed by atoms with van der Waals surface area (Å²) in [6.45, 7) is 3.82. The van der Waals surface area contributed by atoms with Crippen molar-refractivity contribution < 1.29 is 0 Å². The highest BCUT2D eigenvalue weighted by Crippen LogP contribution is 2.08.